The van der Waals surface area contributed by atoms with E-state index in [0.717, 1.165) is 11.1 Å². The molecule has 0 aromatic heterocycles. The average molecular weight is 384 g/mol. The van der Waals surface area contributed by atoms with Gasteiger partial charge in [-0.25, -0.2) is 4.39 Å². The summed E-state index contributed by atoms with van der Waals surface area (Å²) >= 11 is 5.84. The van der Waals surface area contributed by atoms with E-state index in [1.54, 1.807) is 43.5 Å². The van der Waals surface area contributed by atoms with Crippen LogP contribution < -0.4 is 10.1 Å². The van der Waals surface area contributed by atoms with Crippen molar-refractivity contribution in [1.82, 2.24) is 5.32 Å². The summed E-state index contributed by atoms with van der Waals surface area (Å²) in [5.41, 5.74) is 2.81. The normalized spacial score (nSPS) is 10.5. The van der Waals surface area contributed by atoms with Gasteiger partial charge in [0.25, 0.3) is 5.91 Å². The first-order valence-electron chi connectivity index (χ1n) is 8.54. The third-order valence-electron chi connectivity index (χ3n) is 4.27. The Bertz CT molecular complexity index is 941. The number of methoxy groups -OCH3 is 1. The summed E-state index contributed by atoms with van der Waals surface area (Å²) in [6.07, 6.45) is 0.583. The minimum absolute atomic E-state index is 0.159. The first-order valence-corrected chi connectivity index (χ1v) is 8.92. The third-order valence-corrected chi connectivity index (χ3v) is 4.51. The zero-order valence-corrected chi connectivity index (χ0v) is 15.6. The van der Waals surface area contributed by atoms with E-state index in [-0.39, 0.29) is 11.7 Å². The molecule has 3 rings (SSSR count). The summed E-state index contributed by atoms with van der Waals surface area (Å²) < 4.78 is 19.4. The van der Waals surface area contributed by atoms with Crippen LogP contribution in [-0.2, 0) is 6.42 Å². The largest absolute Gasteiger partial charge is 0.497 e. The van der Waals surface area contributed by atoms with Crippen LogP contribution in [0.15, 0.2) is 66.7 Å². The molecule has 0 aliphatic carbocycles. The summed E-state index contributed by atoms with van der Waals surface area (Å²) in [5, 5.41) is 3.25. The first kappa shape index (κ1) is 18.9. The Labute approximate surface area is 162 Å². The molecular weight excluding hydrogens is 365 g/mol. The fraction of sp³-hybridized carbons (Fsp3) is 0.136. The molecule has 1 N–H and O–H groups in total. The van der Waals surface area contributed by atoms with Gasteiger partial charge in [0.05, 0.1) is 7.11 Å². The standard InChI is InChI=1S/C22H19ClFNO2/c1-27-18-9-6-16(7-10-18)22(26)25-13-12-15-4-2-3-5-19(15)20-11-8-17(23)14-21(20)24/h2-11,14H,12-13H2,1H3,(H,25,26). The Kier molecular flexibility index (Phi) is 6.09. The number of rotatable bonds is 6. The summed E-state index contributed by atoms with van der Waals surface area (Å²) in [7, 11) is 1.58. The lowest BCUT2D eigenvalue weighted by molar-refractivity contribution is 0.0954. The van der Waals surface area contributed by atoms with Crippen LogP contribution in [0.5, 0.6) is 5.75 Å². The van der Waals surface area contributed by atoms with Gasteiger partial charge >= 0.3 is 0 Å². The quantitative estimate of drug-likeness (QED) is 0.641. The molecule has 0 unspecified atom stereocenters. The summed E-state index contributed by atoms with van der Waals surface area (Å²) in [6, 6.07) is 19.1. The molecule has 3 aromatic carbocycles. The molecule has 5 heteroatoms. The van der Waals surface area contributed by atoms with E-state index >= 15 is 0 Å². The van der Waals surface area contributed by atoms with Crippen LogP contribution in [0.2, 0.25) is 5.02 Å². The molecule has 138 valence electrons. The lowest BCUT2D eigenvalue weighted by Gasteiger charge is -2.12. The predicted molar refractivity (Wildman–Crippen MR) is 106 cm³/mol. The molecule has 0 radical (unpaired) electrons. The van der Waals surface area contributed by atoms with Gasteiger partial charge in [0, 0.05) is 22.7 Å². The lowest BCUT2D eigenvalue weighted by atomic mass is 9.97. The molecule has 0 aliphatic rings. The Morgan fingerprint density at radius 2 is 1.78 bits per heavy atom. The van der Waals surface area contributed by atoms with Gasteiger partial charge < -0.3 is 10.1 Å². The van der Waals surface area contributed by atoms with Gasteiger partial charge in [-0.05, 0) is 60.0 Å². The molecule has 0 atom stereocenters. The van der Waals surface area contributed by atoms with Crippen molar-refractivity contribution >= 4 is 17.5 Å². The molecule has 0 saturated heterocycles. The molecule has 27 heavy (non-hydrogen) atoms. The van der Waals surface area contributed by atoms with Crippen molar-refractivity contribution in [3.05, 3.63) is 88.7 Å². The van der Waals surface area contributed by atoms with Crippen molar-refractivity contribution in [2.75, 3.05) is 13.7 Å². The molecule has 0 heterocycles. The Morgan fingerprint density at radius 1 is 1.04 bits per heavy atom. The van der Waals surface area contributed by atoms with Gasteiger partial charge in [0.15, 0.2) is 0 Å². The maximum absolute atomic E-state index is 14.3. The molecule has 0 saturated carbocycles. The zero-order chi connectivity index (χ0) is 19.2. The highest BCUT2D eigenvalue weighted by Crippen LogP contribution is 2.28. The molecule has 0 bridgehead atoms. The predicted octanol–water partition coefficient (Wildman–Crippen LogP) is 5.13. The highest BCUT2D eigenvalue weighted by Gasteiger charge is 2.11. The SMILES string of the molecule is COc1ccc(C(=O)NCCc2ccccc2-c2ccc(Cl)cc2F)cc1. The molecule has 3 nitrogen and oxygen atoms in total. The topological polar surface area (TPSA) is 38.3 Å². The fourth-order valence-electron chi connectivity index (χ4n) is 2.86. The van der Waals surface area contributed by atoms with Crippen LogP contribution in [0, 0.1) is 5.82 Å². The second-order valence-corrected chi connectivity index (χ2v) is 6.45. The van der Waals surface area contributed by atoms with Crippen molar-refractivity contribution in [2.45, 2.75) is 6.42 Å². The Balaban J connectivity index is 1.68. The van der Waals surface area contributed by atoms with Gasteiger partial charge in [-0.1, -0.05) is 35.9 Å². The van der Waals surface area contributed by atoms with Crippen LogP contribution >= 0.6 is 11.6 Å². The second-order valence-electron chi connectivity index (χ2n) is 6.02. The number of amides is 1. The lowest BCUT2D eigenvalue weighted by Crippen LogP contribution is -2.25. The smallest absolute Gasteiger partial charge is 0.251 e. The number of ether oxygens (including phenoxy) is 1. The Morgan fingerprint density at radius 3 is 2.48 bits per heavy atom. The van der Waals surface area contributed by atoms with Gasteiger partial charge in [-0.2, -0.15) is 0 Å². The van der Waals surface area contributed by atoms with Crippen molar-refractivity contribution < 1.29 is 13.9 Å². The number of hydrogen-bond donors (Lipinski definition) is 1. The number of carbonyl (C=O) groups is 1. The molecule has 0 spiro atoms. The van der Waals surface area contributed by atoms with E-state index in [0.29, 0.717) is 34.9 Å². The minimum Gasteiger partial charge on any atom is -0.497 e. The van der Waals surface area contributed by atoms with Gasteiger partial charge in [-0.15, -0.1) is 0 Å². The van der Waals surface area contributed by atoms with E-state index in [2.05, 4.69) is 5.32 Å². The van der Waals surface area contributed by atoms with Crippen LogP contribution in [0.1, 0.15) is 15.9 Å². The molecule has 1 amide bonds. The van der Waals surface area contributed by atoms with Gasteiger partial charge in [0.2, 0.25) is 0 Å². The monoisotopic (exact) mass is 383 g/mol. The number of benzene rings is 3. The van der Waals surface area contributed by atoms with Crippen LogP contribution in [0.25, 0.3) is 11.1 Å². The summed E-state index contributed by atoms with van der Waals surface area (Å²) in [4.78, 5) is 12.3. The maximum Gasteiger partial charge on any atom is 0.251 e. The van der Waals surface area contributed by atoms with E-state index < -0.39 is 0 Å². The highest BCUT2D eigenvalue weighted by molar-refractivity contribution is 6.30. The molecule has 0 fully saturated rings. The zero-order valence-electron chi connectivity index (χ0n) is 14.8. The van der Waals surface area contributed by atoms with E-state index in [4.69, 9.17) is 16.3 Å². The molecule has 0 aliphatic heterocycles. The summed E-state index contributed by atoms with van der Waals surface area (Å²) in [5.74, 6) is 0.176. The first-order chi connectivity index (χ1) is 13.1. The van der Waals surface area contributed by atoms with E-state index in [9.17, 15) is 9.18 Å². The number of carbonyl (C=O) groups excluding carboxylic acids is 1. The fourth-order valence-corrected chi connectivity index (χ4v) is 3.02. The second kappa shape index (κ2) is 8.69. The molecule has 3 aromatic rings. The van der Waals surface area contributed by atoms with Crippen LogP contribution in [0.4, 0.5) is 4.39 Å². The van der Waals surface area contributed by atoms with Crippen LogP contribution in [0.3, 0.4) is 0 Å². The van der Waals surface area contributed by atoms with Crippen molar-refractivity contribution in [1.29, 1.82) is 0 Å². The highest BCUT2D eigenvalue weighted by atomic mass is 35.5. The maximum atomic E-state index is 14.3. The number of nitrogens with one attached hydrogen (secondary N) is 1. The number of hydrogen-bond acceptors (Lipinski definition) is 2. The summed E-state index contributed by atoms with van der Waals surface area (Å²) in [6.45, 7) is 0.442. The molecular formula is C22H19ClFNO2. The van der Waals surface area contributed by atoms with Crippen molar-refractivity contribution in [3.63, 3.8) is 0 Å². The van der Waals surface area contributed by atoms with E-state index in [1.807, 2.05) is 24.3 Å². The Hall–Kier alpha value is -2.85. The third kappa shape index (κ3) is 4.66. The number of halogens is 2. The van der Waals surface area contributed by atoms with E-state index in [1.165, 1.54) is 6.07 Å². The van der Waals surface area contributed by atoms with Gasteiger partial charge in [0.1, 0.15) is 11.6 Å². The van der Waals surface area contributed by atoms with Crippen LogP contribution in [-0.4, -0.2) is 19.6 Å². The average Bonchev–Trinajstić information content (AvgIpc) is 2.68. The van der Waals surface area contributed by atoms with Gasteiger partial charge in [-0.3, -0.25) is 4.79 Å². The minimum atomic E-state index is -0.364. The van der Waals surface area contributed by atoms with Crippen molar-refractivity contribution in [3.8, 4) is 16.9 Å². The van der Waals surface area contributed by atoms with Crippen molar-refractivity contribution in [2.24, 2.45) is 0 Å².